The first-order valence-electron chi connectivity index (χ1n) is 17.1. The van der Waals surface area contributed by atoms with Gasteiger partial charge in [0.05, 0.1) is 20.4 Å². The van der Waals surface area contributed by atoms with E-state index >= 15 is 0 Å². The molecule has 2 aromatic carbocycles. The summed E-state index contributed by atoms with van der Waals surface area (Å²) in [6.45, 7) is 0.973. The number of nitrogens with two attached hydrogens (primary N) is 2. The van der Waals surface area contributed by atoms with Crippen molar-refractivity contribution in [3.63, 3.8) is 0 Å². The maximum atomic E-state index is 13.6. The van der Waals surface area contributed by atoms with Gasteiger partial charge in [-0.05, 0) is 88.0 Å². The summed E-state index contributed by atoms with van der Waals surface area (Å²) in [7, 11) is 0. The summed E-state index contributed by atoms with van der Waals surface area (Å²) in [5.74, 6) is -0.474. The minimum absolute atomic E-state index is 0.327. The van der Waals surface area contributed by atoms with Gasteiger partial charge in [0.2, 0.25) is 23.6 Å². The number of carbonyl (C=O) groups excluding carboxylic acids is 4. The van der Waals surface area contributed by atoms with Crippen molar-refractivity contribution in [1.29, 1.82) is 0 Å². The molecule has 4 aromatic rings. The van der Waals surface area contributed by atoms with Crippen LogP contribution < -0.4 is 32.7 Å². The van der Waals surface area contributed by atoms with E-state index in [2.05, 4.69) is 21.3 Å². The molecular weight excluding hydrogens is 741 g/mol. The molecule has 2 aromatic heterocycles. The van der Waals surface area contributed by atoms with Crippen LogP contribution in [0.2, 0.25) is 0 Å². The van der Waals surface area contributed by atoms with Crippen molar-refractivity contribution in [2.75, 3.05) is 35.2 Å². The van der Waals surface area contributed by atoms with Gasteiger partial charge in [0, 0.05) is 22.9 Å². The molecular formula is C34H38N10O4S4. The standard InChI is InChI=1S/C34H38N10O4S4/c35-11-3-1-5-21-27(45)37-17-7-9-19-25(13-17)51-34(41-19)32-44-24(16-50-32)30(48)40-22(6-2-4-12-36)28(46)38-18-8-10-20-26(14-18)52-33(42-20)31-43-23(15-49-31)29(47)39-21/h7-10,13-14,21-24H,1-6,11-12,15-16,35-36H2,(H,37,45)(H,38,46)(H,39,47)(H,40,48)/t21?,22?,23-,24-/m0/s1. The van der Waals surface area contributed by atoms with Crippen LogP contribution in [0.25, 0.3) is 20.4 Å². The van der Waals surface area contributed by atoms with E-state index in [4.69, 9.17) is 31.4 Å². The second-order valence-corrected chi connectivity index (χ2v) is 16.7. The second kappa shape index (κ2) is 16.4. The predicted octanol–water partition coefficient (Wildman–Crippen LogP) is 3.45. The Labute approximate surface area is 315 Å². The van der Waals surface area contributed by atoms with E-state index in [-0.39, 0.29) is 23.6 Å². The molecule has 0 spiro atoms. The van der Waals surface area contributed by atoms with Crippen molar-refractivity contribution in [2.45, 2.75) is 62.7 Å². The summed E-state index contributed by atoms with van der Waals surface area (Å²) in [6, 6.07) is 7.96. The van der Waals surface area contributed by atoms with Crippen LogP contribution in [0.15, 0.2) is 46.4 Å². The Morgan fingerprint density at radius 1 is 0.615 bits per heavy atom. The summed E-state index contributed by atoms with van der Waals surface area (Å²) < 4.78 is 1.67. The molecule has 0 saturated heterocycles. The van der Waals surface area contributed by atoms with Crippen molar-refractivity contribution in [3.8, 4) is 0 Å². The Morgan fingerprint density at radius 3 is 1.48 bits per heavy atom. The molecule has 4 atom stereocenters. The van der Waals surface area contributed by atoms with Gasteiger partial charge in [-0.1, -0.05) is 0 Å². The molecule has 3 aliphatic rings. The molecule has 0 fully saturated rings. The van der Waals surface area contributed by atoms with Crippen LogP contribution in [-0.2, 0) is 19.2 Å². The number of thiazole rings is 2. The van der Waals surface area contributed by atoms with Crippen LogP contribution in [0.3, 0.4) is 0 Å². The van der Waals surface area contributed by atoms with Crippen molar-refractivity contribution in [1.82, 2.24) is 20.6 Å². The van der Waals surface area contributed by atoms with Gasteiger partial charge in [0.1, 0.15) is 44.3 Å². The number of anilines is 2. The Hall–Kier alpha value is -3.94. The topological polar surface area (TPSA) is 219 Å². The van der Waals surface area contributed by atoms with Crippen LogP contribution in [0, 0.1) is 0 Å². The van der Waals surface area contributed by atoms with Gasteiger partial charge in [-0.15, -0.1) is 46.2 Å². The molecule has 18 heteroatoms. The zero-order chi connectivity index (χ0) is 36.2. The quantitative estimate of drug-likeness (QED) is 0.143. The van der Waals surface area contributed by atoms with Crippen LogP contribution >= 0.6 is 46.2 Å². The van der Waals surface area contributed by atoms with E-state index in [0.29, 0.717) is 81.8 Å². The number of unbranched alkanes of at least 4 members (excludes halogenated alkanes) is 2. The molecule has 5 heterocycles. The molecule has 4 amide bonds. The number of hydrogen-bond donors (Lipinski definition) is 6. The lowest BCUT2D eigenvalue weighted by Crippen LogP contribution is -2.47. The van der Waals surface area contributed by atoms with Crippen molar-refractivity contribution in [3.05, 3.63) is 46.4 Å². The van der Waals surface area contributed by atoms with Gasteiger partial charge >= 0.3 is 0 Å². The monoisotopic (exact) mass is 778 g/mol. The summed E-state index contributed by atoms with van der Waals surface area (Å²) in [5.41, 5.74) is 14.0. The summed E-state index contributed by atoms with van der Waals surface area (Å²) in [6.07, 6.45) is 3.63. The second-order valence-electron chi connectivity index (χ2n) is 12.6. The maximum absolute atomic E-state index is 13.6. The predicted molar refractivity (Wildman–Crippen MR) is 212 cm³/mol. The molecule has 272 valence electrons. The van der Waals surface area contributed by atoms with Crippen LogP contribution in [0.1, 0.15) is 48.5 Å². The fraction of sp³-hybridized carbons (Fsp3) is 0.412. The van der Waals surface area contributed by atoms with Gasteiger partial charge in [-0.2, -0.15) is 0 Å². The summed E-state index contributed by atoms with van der Waals surface area (Å²) in [4.78, 5) is 73.0. The number of fused-ring (bicyclic) bond motifs is 8. The number of aliphatic imine (C=N–C) groups is 2. The zero-order valence-electron chi connectivity index (χ0n) is 28.1. The van der Waals surface area contributed by atoms with Gasteiger partial charge in [-0.3, -0.25) is 29.2 Å². The molecule has 2 unspecified atom stereocenters. The fourth-order valence-corrected chi connectivity index (χ4v) is 10.2. The third kappa shape index (κ3) is 8.31. The SMILES string of the molecule is NCCCCC1NC(=O)[C@@H]2CSC(=N2)c2nc3ccc(cc3s2)NC(=O)C(CCCCN)NC(=O)[C@@H]2CSC(=N2)c2nc3ccc(cc3s2)NC1=O. The average Bonchev–Trinajstić information content (AvgIpc) is 3.95. The zero-order valence-corrected chi connectivity index (χ0v) is 31.3. The highest BCUT2D eigenvalue weighted by Crippen LogP contribution is 2.33. The molecule has 0 radical (unpaired) electrons. The van der Waals surface area contributed by atoms with E-state index in [1.165, 1.54) is 46.2 Å². The van der Waals surface area contributed by atoms with Gasteiger partial charge < -0.3 is 32.7 Å². The van der Waals surface area contributed by atoms with Crippen LogP contribution in [0.4, 0.5) is 11.4 Å². The van der Waals surface area contributed by atoms with Gasteiger partial charge in [-0.25, -0.2) is 9.97 Å². The molecule has 3 aliphatic heterocycles. The van der Waals surface area contributed by atoms with E-state index in [0.717, 1.165) is 33.3 Å². The number of amides is 4. The minimum Gasteiger partial charge on any atom is -0.342 e. The molecule has 10 bridgehead atoms. The van der Waals surface area contributed by atoms with E-state index in [1.807, 2.05) is 24.3 Å². The van der Waals surface area contributed by atoms with Crippen LogP contribution in [-0.4, -0.2) is 92.4 Å². The maximum Gasteiger partial charge on any atom is 0.246 e. The fourth-order valence-electron chi connectivity index (χ4n) is 5.96. The Balaban J connectivity index is 1.21. The van der Waals surface area contributed by atoms with E-state index in [9.17, 15) is 19.2 Å². The Kier molecular flexibility index (Phi) is 11.5. The molecule has 14 nitrogen and oxygen atoms in total. The highest BCUT2D eigenvalue weighted by molar-refractivity contribution is 8.15. The molecule has 7 rings (SSSR count). The van der Waals surface area contributed by atoms with E-state index in [1.54, 1.807) is 12.1 Å². The number of nitrogens with one attached hydrogen (secondary N) is 4. The van der Waals surface area contributed by atoms with Crippen LogP contribution in [0.5, 0.6) is 0 Å². The normalized spacial score (nSPS) is 22.6. The molecule has 52 heavy (non-hydrogen) atoms. The lowest BCUT2D eigenvalue weighted by atomic mass is 10.1. The van der Waals surface area contributed by atoms with E-state index < -0.39 is 24.2 Å². The smallest absolute Gasteiger partial charge is 0.246 e. The molecule has 0 aliphatic carbocycles. The van der Waals surface area contributed by atoms with Gasteiger partial charge in [0.25, 0.3) is 0 Å². The summed E-state index contributed by atoms with van der Waals surface area (Å²) >= 11 is 5.71. The van der Waals surface area contributed by atoms with Crippen molar-refractivity contribution in [2.24, 2.45) is 21.5 Å². The van der Waals surface area contributed by atoms with Crippen molar-refractivity contribution < 1.29 is 19.2 Å². The number of hydrogen-bond acceptors (Lipinski definition) is 14. The van der Waals surface area contributed by atoms with Gasteiger partial charge in [0.15, 0.2) is 0 Å². The number of thioether (sulfide) groups is 2. The molecule has 8 N–H and O–H groups in total. The minimum atomic E-state index is -0.779. The molecule has 0 saturated carbocycles. The Bertz CT molecular complexity index is 1930. The average molecular weight is 779 g/mol. The highest BCUT2D eigenvalue weighted by atomic mass is 32.2. The third-order valence-corrected chi connectivity index (χ3v) is 13.2. The van der Waals surface area contributed by atoms with Crippen molar-refractivity contribution >= 4 is 112 Å². The lowest BCUT2D eigenvalue weighted by Gasteiger charge is -2.19. The lowest BCUT2D eigenvalue weighted by molar-refractivity contribution is -0.127. The third-order valence-electron chi connectivity index (χ3n) is 8.74. The summed E-state index contributed by atoms with van der Waals surface area (Å²) in [5, 5.41) is 14.5. The first-order valence-corrected chi connectivity index (χ1v) is 20.7. The number of aromatic nitrogens is 2. The highest BCUT2D eigenvalue weighted by Gasteiger charge is 2.32. The number of carbonyl (C=O) groups is 4. The largest absolute Gasteiger partial charge is 0.342 e. The first kappa shape index (κ1) is 36.4. The number of benzene rings is 2. The number of nitrogens with zero attached hydrogens (tertiary/aromatic N) is 4. The number of rotatable bonds is 8. The first-order chi connectivity index (χ1) is 25.3. The Morgan fingerprint density at radius 2 is 1.06 bits per heavy atom.